The highest BCUT2D eigenvalue weighted by molar-refractivity contribution is 9.09. The molecule has 0 aromatic heterocycles. The van der Waals surface area contributed by atoms with Crippen LogP contribution in [0.4, 0.5) is 31.4 Å². The molecule has 0 saturated carbocycles. The summed E-state index contributed by atoms with van der Waals surface area (Å²) in [6, 6.07) is 5.30. The van der Waals surface area contributed by atoms with E-state index in [4.69, 9.17) is 41.0 Å². The van der Waals surface area contributed by atoms with Gasteiger partial charge in [-0.1, -0.05) is 94.5 Å². The molecule has 2 aromatic carbocycles. The van der Waals surface area contributed by atoms with Gasteiger partial charge in [-0.05, 0) is 100 Å². The second-order valence-electron chi connectivity index (χ2n) is 21.7. The molecule has 2 saturated heterocycles. The van der Waals surface area contributed by atoms with Crippen molar-refractivity contribution in [3.8, 4) is 5.75 Å². The summed E-state index contributed by atoms with van der Waals surface area (Å²) in [6.45, 7) is 11.1. The third kappa shape index (κ3) is 19.0. The largest absolute Gasteiger partial charge is 0.495 e. The zero-order valence-corrected chi connectivity index (χ0v) is 52.3. The van der Waals surface area contributed by atoms with Gasteiger partial charge in [-0.3, -0.25) is 34.6 Å². The van der Waals surface area contributed by atoms with Gasteiger partial charge in [0.2, 0.25) is 29.5 Å². The van der Waals surface area contributed by atoms with Crippen molar-refractivity contribution >= 4 is 108 Å². The van der Waals surface area contributed by atoms with Gasteiger partial charge >= 0.3 is 18.2 Å². The minimum absolute atomic E-state index is 0.0644. The van der Waals surface area contributed by atoms with Crippen molar-refractivity contribution in [1.29, 1.82) is 0 Å². The summed E-state index contributed by atoms with van der Waals surface area (Å²) in [7, 11) is 4.42. The van der Waals surface area contributed by atoms with Gasteiger partial charge in [-0.25, -0.2) is 14.4 Å². The number of alkyl halides is 2. The monoisotopic (exact) mass is 1310 g/mol. The molecule has 4 bridgehead atoms. The first kappa shape index (κ1) is 67.8. The molecule has 5 rings (SSSR count). The van der Waals surface area contributed by atoms with E-state index in [1.54, 1.807) is 72.0 Å². The van der Waals surface area contributed by atoms with Gasteiger partial charge in [0.25, 0.3) is 0 Å². The number of primary amides is 1. The summed E-state index contributed by atoms with van der Waals surface area (Å²) < 4.78 is 29.5. The Hall–Kier alpha value is -5.99. The van der Waals surface area contributed by atoms with Crippen LogP contribution in [0.5, 0.6) is 5.75 Å². The van der Waals surface area contributed by atoms with E-state index in [0.29, 0.717) is 65.6 Å². The number of allylic oxidation sites excluding steroid dienone is 3. The van der Waals surface area contributed by atoms with E-state index in [1.165, 1.54) is 31.3 Å². The van der Waals surface area contributed by atoms with Crippen molar-refractivity contribution in [3.63, 3.8) is 0 Å². The Morgan fingerprint density at radius 1 is 0.952 bits per heavy atom. The van der Waals surface area contributed by atoms with Crippen LogP contribution in [0.1, 0.15) is 97.1 Å². The second kappa shape index (κ2) is 31.2. The van der Waals surface area contributed by atoms with Crippen LogP contribution < -0.4 is 52.6 Å². The number of urea groups is 1. The molecule has 3 aliphatic rings. The molecule has 0 aliphatic carbocycles. The molecule has 0 spiro atoms. The highest BCUT2D eigenvalue weighted by Gasteiger charge is 2.64. The molecular weight excluding hydrogens is 1230 g/mol. The standard InChI is InChI=1S/C57H80Br2ClN9O14/c1-31(2)48(67-45(70)18-11-10-12-21-62-50(72)36(29-58)30-59)52(74)65-39(16-14-22-63-53(61)75)51(73)64-37-19-20-38(33(4)24-37)66-54(76)82-44-27-46(71)69(7)40-25-35(26-41(79-8)47(40)60)23-32(3)15-13-17-43(80-9)57(78)28-42(81-55(77)68-57)34(5)49-56(44,6)83-49/h13,15,17,19-20,24-26,31,34,36,39,42-44,48-49,78H,10-12,14,16,18,21-23,27-30H2,1-9H3,(H,62,72)(H,64,73)(H,65,74)(H,66,76)(H,67,70)(H,68,77)(H3,61,63,75)/b17-13+,32-15+/t34-,39+,42+,43-,44+,48+,49+,56+,57+/m1/s1. The number of methoxy groups -OCH3 is 2. The zero-order valence-electron chi connectivity index (χ0n) is 48.4. The number of carbonyl (C=O) groups excluding carboxylic acids is 8. The Labute approximate surface area is 506 Å². The summed E-state index contributed by atoms with van der Waals surface area (Å²) in [5.41, 5.74) is 5.08. The number of aryl methyl sites for hydroxylation is 1. The zero-order chi connectivity index (χ0) is 61.3. The smallest absolute Gasteiger partial charge is 0.412 e. The molecule has 458 valence electrons. The summed E-state index contributed by atoms with van der Waals surface area (Å²) >= 11 is 13.5. The number of unbranched alkanes of at least 4 members (excludes halogenated alkanes) is 2. The predicted octanol–water partition coefficient (Wildman–Crippen LogP) is 6.78. The highest BCUT2D eigenvalue weighted by atomic mass is 79.9. The SMILES string of the molecule is COc1cc2cc(c1Cl)N(C)C(=O)C[C@H](OC(=O)Nc1ccc(NC(=O)[C@H](CCCNC(N)=O)NC(=O)[C@@H](NC(=O)CCCCCNC(=O)C(CBr)CBr)C(C)C)cc1C)[C@]1(C)O[C@H]1[C@H](C)[C@@H]1C[C@@](O)(NC(=O)O1)[C@H](OC)/C=C/C=C(\C)C2. The molecular formula is C57H80Br2ClN9O14. The van der Waals surface area contributed by atoms with E-state index in [2.05, 4.69) is 69.1 Å². The Balaban J connectivity index is 1.31. The quantitative estimate of drug-likeness (QED) is 0.0315. The Morgan fingerprint density at radius 2 is 1.66 bits per heavy atom. The van der Waals surface area contributed by atoms with Crippen LogP contribution >= 0.6 is 43.5 Å². The highest BCUT2D eigenvalue weighted by Crippen LogP contribution is 2.49. The van der Waals surface area contributed by atoms with Crippen LogP contribution in [0.15, 0.2) is 54.1 Å². The lowest BCUT2D eigenvalue weighted by Gasteiger charge is -2.42. The van der Waals surface area contributed by atoms with Crippen molar-refractivity contribution < 1.29 is 67.1 Å². The molecule has 2 fully saturated rings. The molecule has 83 heavy (non-hydrogen) atoms. The number of benzene rings is 2. The van der Waals surface area contributed by atoms with E-state index in [9.17, 15) is 43.5 Å². The third-order valence-corrected chi connectivity index (χ3v) is 16.9. The Kier molecular flexibility index (Phi) is 25.5. The summed E-state index contributed by atoms with van der Waals surface area (Å²) in [5, 5.41) is 32.2. The molecule has 0 radical (unpaired) electrons. The van der Waals surface area contributed by atoms with Crippen LogP contribution in [0.3, 0.4) is 0 Å². The van der Waals surface area contributed by atoms with E-state index in [1.807, 2.05) is 13.0 Å². The lowest BCUT2D eigenvalue weighted by Crippen LogP contribution is -2.63. The fraction of sp³-hybridized carbons (Fsp3) is 0.579. The van der Waals surface area contributed by atoms with E-state index in [-0.39, 0.29) is 66.6 Å². The number of ether oxygens (including phenoxy) is 5. The number of nitrogens with two attached hydrogens (primary N) is 1. The number of carbonyl (C=O) groups is 8. The maximum Gasteiger partial charge on any atom is 0.412 e. The van der Waals surface area contributed by atoms with Gasteiger partial charge in [0.15, 0.2) is 5.72 Å². The normalized spacial score (nSPS) is 24.3. The van der Waals surface area contributed by atoms with E-state index >= 15 is 0 Å². The summed E-state index contributed by atoms with van der Waals surface area (Å²) in [4.78, 5) is 108. The predicted molar refractivity (Wildman–Crippen MR) is 321 cm³/mol. The van der Waals surface area contributed by atoms with E-state index in [0.717, 1.165) is 11.1 Å². The van der Waals surface area contributed by atoms with Gasteiger partial charge in [-0.15, -0.1) is 0 Å². The molecule has 9 atom stereocenters. The van der Waals surface area contributed by atoms with Crippen molar-refractivity contribution in [2.45, 2.75) is 147 Å². The van der Waals surface area contributed by atoms with Crippen LogP contribution in [0.2, 0.25) is 5.02 Å². The maximum absolute atomic E-state index is 14.4. The number of hydrogen-bond donors (Lipinski definition) is 9. The van der Waals surface area contributed by atoms with Crippen molar-refractivity contribution in [1.82, 2.24) is 26.6 Å². The molecule has 10 N–H and O–H groups in total. The topological polar surface area (TPSA) is 320 Å². The number of amides is 9. The Bertz CT molecular complexity index is 2730. The molecule has 2 aromatic rings. The van der Waals surface area contributed by atoms with Crippen LogP contribution in [0.25, 0.3) is 0 Å². The van der Waals surface area contributed by atoms with Gasteiger partial charge in [0, 0.05) is 68.0 Å². The Morgan fingerprint density at radius 3 is 2.31 bits per heavy atom. The number of halogens is 3. The lowest BCUT2D eigenvalue weighted by atomic mass is 9.83. The molecule has 3 heterocycles. The van der Waals surface area contributed by atoms with Crippen LogP contribution in [0, 0.1) is 24.7 Å². The maximum atomic E-state index is 14.4. The average Bonchev–Trinajstić information content (AvgIpc) is 1.91. The number of anilines is 3. The first-order valence-electron chi connectivity index (χ1n) is 27.6. The van der Waals surface area contributed by atoms with Crippen molar-refractivity contribution in [3.05, 3.63) is 70.3 Å². The van der Waals surface area contributed by atoms with Crippen molar-refractivity contribution in [2.24, 2.45) is 23.5 Å². The first-order valence-corrected chi connectivity index (χ1v) is 30.2. The molecule has 9 amide bonds. The van der Waals surface area contributed by atoms with Gasteiger partial charge in [-0.2, -0.15) is 0 Å². The number of rotatable bonds is 23. The number of aliphatic hydroxyl groups is 1. The van der Waals surface area contributed by atoms with Crippen LogP contribution in [-0.2, 0) is 49.3 Å². The summed E-state index contributed by atoms with van der Waals surface area (Å²) in [5.74, 6) is -2.94. The number of nitrogens with one attached hydrogen (secondary N) is 7. The lowest BCUT2D eigenvalue weighted by molar-refractivity contribution is -0.142. The number of hydrogen-bond acceptors (Lipinski definition) is 14. The summed E-state index contributed by atoms with van der Waals surface area (Å²) in [6.07, 6.45) is 1.65. The van der Waals surface area contributed by atoms with E-state index < -0.39 is 96.1 Å². The number of alkyl carbamates (subject to hydrolysis) is 1. The second-order valence-corrected chi connectivity index (χ2v) is 23.4. The fourth-order valence-corrected chi connectivity index (χ4v) is 11.9. The van der Waals surface area contributed by atoms with Gasteiger partial charge < -0.3 is 66.0 Å². The average molecular weight is 1310 g/mol. The van der Waals surface area contributed by atoms with Crippen LogP contribution in [-0.4, -0.2) is 146 Å². The number of epoxide rings is 1. The third-order valence-electron chi connectivity index (χ3n) is 14.9. The van der Waals surface area contributed by atoms with Gasteiger partial charge in [0.1, 0.15) is 46.8 Å². The molecule has 0 unspecified atom stereocenters. The minimum atomic E-state index is -1.89. The van der Waals surface area contributed by atoms with Gasteiger partial charge in [0.05, 0.1) is 31.2 Å². The van der Waals surface area contributed by atoms with Crippen molar-refractivity contribution in [2.75, 3.05) is 60.6 Å². The molecule has 26 heteroatoms. The fourth-order valence-electron chi connectivity index (χ4n) is 9.94. The first-order chi connectivity index (χ1) is 39.3. The number of nitrogens with zero attached hydrogens (tertiary/aromatic N) is 1. The number of fused-ring (bicyclic) bond motifs is 5. The minimum Gasteiger partial charge on any atom is -0.495 e. The molecule has 23 nitrogen and oxygen atoms in total. The molecule has 3 aliphatic heterocycles.